The second-order valence-corrected chi connectivity index (χ2v) is 5.21. The van der Waals surface area contributed by atoms with E-state index in [1.807, 2.05) is 0 Å². The Balaban J connectivity index is 2.30. The maximum atomic E-state index is 13.7. The van der Waals surface area contributed by atoms with Gasteiger partial charge in [-0.2, -0.15) is 0 Å². The number of nitrogens with zero attached hydrogens (tertiary/aromatic N) is 1. The van der Waals surface area contributed by atoms with Crippen molar-refractivity contribution in [3.63, 3.8) is 0 Å². The van der Waals surface area contributed by atoms with Crippen LogP contribution in [0.1, 0.15) is 6.92 Å². The summed E-state index contributed by atoms with van der Waals surface area (Å²) in [5.41, 5.74) is 5.06. The fraction of sp³-hybridized carbons (Fsp3) is 0.500. The lowest BCUT2D eigenvalue weighted by molar-refractivity contribution is -0.165. The molecule has 2 atom stereocenters. The van der Waals surface area contributed by atoms with E-state index in [9.17, 15) is 18.8 Å². The Morgan fingerprint density at radius 3 is 2.84 bits per heavy atom. The molecule has 1 amide bonds. The van der Waals surface area contributed by atoms with Crippen LogP contribution in [-0.2, 0) is 19.1 Å². The largest absolute Gasteiger partial charge is 0.477 e. The lowest BCUT2D eigenvalue weighted by Crippen LogP contribution is -2.75. The van der Waals surface area contributed by atoms with E-state index in [1.54, 1.807) is 0 Å². The van der Waals surface area contributed by atoms with Crippen LogP contribution < -0.4 is 5.73 Å². The highest BCUT2D eigenvalue weighted by Gasteiger charge is 2.63. The maximum absolute atomic E-state index is 13.7. The van der Waals surface area contributed by atoms with Gasteiger partial charge in [-0.3, -0.25) is 20.2 Å². The molecule has 0 saturated carbocycles. The van der Waals surface area contributed by atoms with Gasteiger partial charge in [-0.15, -0.1) is 11.8 Å². The van der Waals surface area contributed by atoms with Crippen molar-refractivity contribution in [1.82, 2.24) is 4.90 Å². The number of aliphatic carboxylic acids is 1. The van der Waals surface area contributed by atoms with Crippen LogP contribution in [0.2, 0.25) is 0 Å². The molecule has 0 radical (unpaired) electrons. The molecule has 0 aliphatic carbocycles. The number of β-lactam (4-membered cyclic amide) rings is 1. The Labute approximate surface area is 111 Å². The van der Waals surface area contributed by atoms with Crippen molar-refractivity contribution in [1.29, 1.82) is 0 Å². The van der Waals surface area contributed by atoms with E-state index in [0.717, 1.165) is 16.7 Å². The molecule has 2 heterocycles. The van der Waals surface area contributed by atoms with E-state index in [2.05, 4.69) is 0 Å². The Morgan fingerprint density at radius 2 is 2.32 bits per heavy atom. The standard InChI is InChI=1S/C10H11FN2O5S/c1-4(14)18-2-5-3-19-9-10(11,12)8(17)13(9)6(5)7(15)16/h9H,2-3,12H2,1H3,(H,15,16)/t9-,10+/m1/s1. The first kappa shape index (κ1) is 13.8. The van der Waals surface area contributed by atoms with Gasteiger partial charge in [0, 0.05) is 18.2 Å². The molecule has 1 saturated heterocycles. The molecule has 19 heavy (non-hydrogen) atoms. The topological polar surface area (TPSA) is 110 Å². The molecular formula is C10H11FN2O5S. The van der Waals surface area contributed by atoms with Gasteiger partial charge in [-0.05, 0) is 0 Å². The van der Waals surface area contributed by atoms with Crippen LogP contribution in [0.4, 0.5) is 4.39 Å². The second kappa shape index (κ2) is 4.49. The number of carbonyl (C=O) groups is 3. The fourth-order valence-electron chi connectivity index (χ4n) is 1.90. The number of nitrogens with two attached hydrogens (primary N) is 1. The van der Waals surface area contributed by atoms with E-state index in [-0.39, 0.29) is 23.6 Å². The van der Waals surface area contributed by atoms with Gasteiger partial charge in [0.25, 0.3) is 11.7 Å². The van der Waals surface area contributed by atoms with Crippen LogP contribution >= 0.6 is 11.8 Å². The first-order valence-electron chi connectivity index (χ1n) is 5.28. The lowest BCUT2D eigenvalue weighted by atomic mass is 10.0. The van der Waals surface area contributed by atoms with Gasteiger partial charge in [0.05, 0.1) is 0 Å². The number of halogens is 1. The van der Waals surface area contributed by atoms with Gasteiger partial charge in [-0.1, -0.05) is 0 Å². The molecule has 2 aliphatic rings. The normalized spacial score (nSPS) is 29.7. The molecule has 104 valence electrons. The number of ether oxygens (including phenoxy) is 1. The SMILES string of the molecule is CC(=O)OCC1=C(C(=O)O)N2C(=O)[C@@](N)(F)[C@H]2SC1. The van der Waals surface area contributed by atoms with E-state index in [1.165, 1.54) is 6.92 Å². The number of thioether (sulfide) groups is 1. The van der Waals surface area contributed by atoms with Gasteiger partial charge in [0.1, 0.15) is 17.7 Å². The minimum Gasteiger partial charge on any atom is -0.477 e. The summed E-state index contributed by atoms with van der Waals surface area (Å²) in [7, 11) is 0. The highest BCUT2D eigenvalue weighted by Crippen LogP contribution is 2.45. The van der Waals surface area contributed by atoms with E-state index >= 15 is 0 Å². The third kappa shape index (κ3) is 2.08. The number of carboxylic acid groups (broad SMARTS) is 1. The number of hydrogen-bond donors (Lipinski definition) is 2. The number of alkyl halides is 1. The molecule has 0 aromatic heterocycles. The predicted octanol–water partition coefficient (Wildman–Crippen LogP) is -0.572. The average Bonchev–Trinajstić information content (AvgIpc) is 2.34. The van der Waals surface area contributed by atoms with Crippen molar-refractivity contribution in [2.45, 2.75) is 18.1 Å². The lowest BCUT2D eigenvalue weighted by Gasteiger charge is -2.50. The summed E-state index contributed by atoms with van der Waals surface area (Å²) >= 11 is 0.997. The molecule has 2 aliphatic heterocycles. The van der Waals surface area contributed by atoms with Gasteiger partial charge in [0.15, 0.2) is 0 Å². The Morgan fingerprint density at radius 1 is 1.68 bits per heavy atom. The van der Waals surface area contributed by atoms with Crippen molar-refractivity contribution in [3.8, 4) is 0 Å². The van der Waals surface area contributed by atoms with E-state index < -0.39 is 29.0 Å². The Bertz CT molecular complexity index is 504. The highest BCUT2D eigenvalue weighted by atomic mass is 32.2. The van der Waals surface area contributed by atoms with Crippen molar-refractivity contribution in [2.75, 3.05) is 12.4 Å². The van der Waals surface area contributed by atoms with Gasteiger partial charge < -0.3 is 9.84 Å². The molecule has 1 fully saturated rings. The second-order valence-electron chi connectivity index (χ2n) is 4.14. The number of fused-ring (bicyclic) bond motifs is 1. The summed E-state index contributed by atoms with van der Waals surface area (Å²) in [5, 5.41) is 8.07. The molecule has 0 aromatic rings. The molecular weight excluding hydrogens is 279 g/mol. The zero-order chi connectivity index (χ0) is 14.4. The zero-order valence-corrected chi connectivity index (χ0v) is 10.7. The smallest absolute Gasteiger partial charge is 0.352 e. The Kier molecular flexibility index (Phi) is 3.27. The summed E-state index contributed by atoms with van der Waals surface area (Å²) in [6, 6.07) is 0. The van der Waals surface area contributed by atoms with Crippen LogP contribution in [0.5, 0.6) is 0 Å². The van der Waals surface area contributed by atoms with Crippen molar-refractivity contribution >= 4 is 29.6 Å². The minimum absolute atomic E-state index is 0.131. The van der Waals surface area contributed by atoms with Crippen LogP contribution in [0.15, 0.2) is 11.3 Å². The van der Waals surface area contributed by atoms with E-state index in [0.29, 0.717) is 0 Å². The quantitative estimate of drug-likeness (QED) is 0.407. The first-order chi connectivity index (χ1) is 8.76. The van der Waals surface area contributed by atoms with Crippen molar-refractivity contribution in [2.24, 2.45) is 5.73 Å². The minimum atomic E-state index is -2.54. The third-order valence-electron chi connectivity index (χ3n) is 2.78. The van der Waals surface area contributed by atoms with Gasteiger partial charge in [0.2, 0.25) is 0 Å². The summed E-state index contributed by atoms with van der Waals surface area (Å²) in [4.78, 5) is 34.2. The molecule has 0 spiro atoms. The molecule has 0 bridgehead atoms. The molecule has 3 N–H and O–H groups in total. The van der Waals surface area contributed by atoms with Gasteiger partial charge in [-0.25, -0.2) is 9.18 Å². The summed E-state index contributed by atoms with van der Waals surface area (Å²) in [6.07, 6.45) is 0. The zero-order valence-electron chi connectivity index (χ0n) is 9.88. The van der Waals surface area contributed by atoms with Crippen LogP contribution in [0.25, 0.3) is 0 Å². The molecule has 7 nitrogen and oxygen atoms in total. The van der Waals surface area contributed by atoms with Crippen LogP contribution in [0, 0.1) is 0 Å². The number of rotatable bonds is 3. The fourth-order valence-corrected chi connectivity index (χ4v) is 3.18. The summed E-state index contributed by atoms with van der Waals surface area (Å²) < 4.78 is 18.4. The number of amides is 1. The number of carbonyl (C=O) groups excluding carboxylic acids is 2. The van der Waals surface area contributed by atoms with Crippen molar-refractivity contribution in [3.05, 3.63) is 11.3 Å². The molecule has 0 unspecified atom stereocenters. The monoisotopic (exact) mass is 290 g/mol. The van der Waals surface area contributed by atoms with Gasteiger partial charge >= 0.3 is 11.9 Å². The average molecular weight is 290 g/mol. The predicted molar refractivity (Wildman–Crippen MR) is 62.4 cm³/mol. The number of hydrogen-bond acceptors (Lipinski definition) is 6. The summed E-state index contributed by atoms with van der Waals surface area (Å²) in [5.74, 6) is -5.46. The maximum Gasteiger partial charge on any atom is 0.352 e. The van der Waals surface area contributed by atoms with E-state index in [4.69, 9.17) is 15.6 Å². The number of carboxylic acids is 1. The third-order valence-corrected chi connectivity index (χ3v) is 4.17. The van der Waals surface area contributed by atoms with Crippen LogP contribution in [0.3, 0.4) is 0 Å². The first-order valence-corrected chi connectivity index (χ1v) is 6.33. The molecule has 2 rings (SSSR count). The molecule has 0 aromatic carbocycles. The van der Waals surface area contributed by atoms with Crippen LogP contribution in [-0.4, -0.2) is 51.4 Å². The summed E-state index contributed by atoms with van der Waals surface area (Å²) in [6.45, 7) is 0.936. The number of esters is 1. The highest BCUT2D eigenvalue weighted by molar-refractivity contribution is 8.00. The van der Waals surface area contributed by atoms with Crippen molar-refractivity contribution < 1.29 is 28.6 Å². The Hall–Kier alpha value is -1.61. The molecule has 9 heteroatoms.